The molecule has 1 unspecified atom stereocenters. The monoisotopic (exact) mass is 239 g/mol. The number of hydrogen-bond acceptors (Lipinski definition) is 3. The summed E-state index contributed by atoms with van der Waals surface area (Å²) in [5.74, 6) is 0.252. The lowest BCUT2D eigenvalue weighted by atomic mass is 9.97. The Bertz CT molecular complexity index is 364. The summed E-state index contributed by atoms with van der Waals surface area (Å²) in [6, 6.07) is 6.11. The molecule has 0 bridgehead atoms. The molecule has 1 saturated heterocycles. The third-order valence-electron chi connectivity index (χ3n) is 3.07. The molecule has 94 valence electrons. The van der Waals surface area contributed by atoms with E-state index in [-0.39, 0.29) is 5.82 Å². The summed E-state index contributed by atoms with van der Waals surface area (Å²) in [4.78, 5) is 0. The van der Waals surface area contributed by atoms with Crippen LogP contribution in [-0.4, -0.2) is 30.4 Å². The average Bonchev–Trinajstić information content (AvgIpc) is 2.72. The van der Waals surface area contributed by atoms with Crippen LogP contribution in [0.4, 0.5) is 4.39 Å². The Kier molecular flexibility index (Phi) is 3.97. The quantitative estimate of drug-likeness (QED) is 0.769. The van der Waals surface area contributed by atoms with E-state index >= 15 is 0 Å². The van der Waals surface area contributed by atoms with Gasteiger partial charge in [-0.3, -0.25) is 0 Å². The van der Waals surface area contributed by atoms with E-state index in [1.165, 1.54) is 12.1 Å². The highest BCUT2D eigenvalue weighted by Gasteiger charge is 2.29. The van der Waals surface area contributed by atoms with E-state index in [2.05, 4.69) is 5.32 Å². The van der Waals surface area contributed by atoms with E-state index in [1.807, 2.05) is 0 Å². The van der Waals surface area contributed by atoms with Crippen LogP contribution in [0.5, 0.6) is 5.75 Å². The van der Waals surface area contributed by atoms with Gasteiger partial charge in [0.15, 0.2) is 0 Å². The van der Waals surface area contributed by atoms with Gasteiger partial charge < -0.3 is 15.2 Å². The first-order valence-corrected chi connectivity index (χ1v) is 5.99. The van der Waals surface area contributed by atoms with Crippen LogP contribution in [0, 0.1) is 5.82 Å². The van der Waals surface area contributed by atoms with Crippen molar-refractivity contribution in [1.82, 2.24) is 5.32 Å². The summed E-state index contributed by atoms with van der Waals surface area (Å²) < 4.78 is 18.3. The van der Waals surface area contributed by atoms with E-state index in [0.717, 1.165) is 25.8 Å². The molecule has 4 heteroatoms. The molecule has 0 amide bonds. The Labute approximate surface area is 101 Å². The van der Waals surface area contributed by atoms with Crippen molar-refractivity contribution in [3.63, 3.8) is 0 Å². The number of benzene rings is 1. The summed E-state index contributed by atoms with van der Waals surface area (Å²) in [5.41, 5.74) is -0.578. The number of aliphatic hydroxyl groups is 1. The molecule has 1 aromatic rings. The van der Waals surface area contributed by atoms with Crippen molar-refractivity contribution in [2.24, 2.45) is 0 Å². The molecule has 1 heterocycles. The fraction of sp³-hybridized carbons (Fsp3) is 0.538. The third kappa shape index (κ3) is 3.68. The van der Waals surface area contributed by atoms with Gasteiger partial charge in [0, 0.05) is 12.6 Å². The normalized spacial score (nSPS) is 23.9. The first-order chi connectivity index (χ1) is 8.18. The van der Waals surface area contributed by atoms with Gasteiger partial charge in [0.1, 0.15) is 11.6 Å². The lowest BCUT2D eigenvalue weighted by Crippen LogP contribution is -2.31. The molecule has 17 heavy (non-hydrogen) atoms. The number of hydrogen-bond donors (Lipinski definition) is 2. The highest BCUT2D eigenvalue weighted by atomic mass is 19.1. The largest absolute Gasteiger partial charge is 0.493 e. The van der Waals surface area contributed by atoms with Crippen LogP contribution in [-0.2, 0) is 0 Å². The Morgan fingerprint density at radius 1 is 1.47 bits per heavy atom. The fourth-order valence-electron chi connectivity index (χ4n) is 2.09. The van der Waals surface area contributed by atoms with E-state index in [4.69, 9.17) is 4.74 Å². The van der Waals surface area contributed by atoms with Gasteiger partial charge >= 0.3 is 0 Å². The minimum atomic E-state index is -0.578. The Hall–Kier alpha value is -1.13. The van der Waals surface area contributed by atoms with E-state index in [0.29, 0.717) is 18.9 Å². The number of nitrogens with one attached hydrogen (secondary N) is 1. The van der Waals surface area contributed by atoms with E-state index in [9.17, 15) is 9.50 Å². The average molecular weight is 239 g/mol. The fourth-order valence-corrected chi connectivity index (χ4v) is 2.09. The van der Waals surface area contributed by atoms with Crippen LogP contribution in [0.15, 0.2) is 24.3 Å². The first kappa shape index (κ1) is 12.3. The third-order valence-corrected chi connectivity index (χ3v) is 3.07. The number of ether oxygens (including phenoxy) is 1. The van der Waals surface area contributed by atoms with Crippen LogP contribution < -0.4 is 10.1 Å². The van der Waals surface area contributed by atoms with Gasteiger partial charge in [-0.05, 0) is 37.9 Å². The smallest absolute Gasteiger partial charge is 0.126 e. The van der Waals surface area contributed by atoms with E-state index < -0.39 is 5.60 Å². The lowest BCUT2D eigenvalue weighted by molar-refractivity contribution is 0.0462. The highest BCUT2D eigenvalue weighted by molar-refractivity contribution is 5.22. The van der Waals surface area contributed by atoms with Crippen LogP contribution in [0.3, 0.4) is 0 Å². The molecule has 3 nitrogen and oxygen atoms in total. The molecular weight excluding hydrogens is 221 g/mol. The summed E-state index contributed by atoms with van der Waals surface area (Å²) in [6.45, 7) is 2.04. The molecule has 1 atom stereocenters. The predicted molar refractivity (Wildman–Crippen MR) is 63.6 cm³/mol. The van der Waals surface area contributed by atoms with Crippen LogP contribution in [0.1, 0.15) is 19.3 Å². The molecule has 0 aromatic heterocycles. The number of halogens is 1. The van der Waals surface area contributed by atoms with Gasteiger partial charge in [-0.15, -0.1) is 0 Å². The van der Waals surface area contributed by atoms with Crippen molar-refractivity contribution in [2.45, 2.75) is 24.9 Å². The summed E-state index contributed by atoms with van der Waals surface area (Å²) >= 11 is 0. The predicted octanol–water partition coefficient (Wildman–Crippen LogP) is 1.71. The van der Waals surface area contributed by atoms with Crippen LogP contribution in [0.25, 0.3) is 0 Å². The molecule has 1 fully saturated rings. The zero-order chi connectivity index (χ0) is 12.1. The zero-order valence-corrected chi connectivity index (χ0v) is 9.79. The SMILES string of the molecule is OC1(CCCOc2cccc(F)c2)CCNC1. The molecule has 0 radical (unpaired) electrons. The maximum Gasteiger partial charge on any atom is 0.126 e. The second-order valence-electron chi connectivity index (χ2n) is 4.56. The first-order valence-electron chi connectivity index (χ1n) is 5.99. The van der Waals surface area contributed by atoms with Crippen molar-refractivity contribution in [1.29, 1.82) is 0 Å². The summed E-state index contributed by atoms with van der Waals surface area (Å²) in [7, 11) is 0. The van der Waals surface area contributed by atoms with Gasteiger partial charge in [-0.25, -0.2) is 4.39 Å². The standard InChI is InChI=1S/C13H18FNO2/c14-11-3-1-4-12(9-11)17-8-2-5-13(16)6-7-15-10-13/h1,3-4,9,15-16H,2,5-8,10H2. The highest BCUT2D eigenvalue weighted by Crippen LogP contribution is 2.20. The molecule has 2 rings (SSSR count). The van der Waals surface area contributed by atoms with Crippen LogP contribution in [0.2, 0.25) is 0 Å². The molecule has 2 N–H and O–H groups in total. The molecule has 1 aliphatic heterocycles. The zero-order valence-electron chi connectivity index (χ0n) is 9.79. The second kappa shape index (κ2) is 5.47. The number of β-amino-alcohol motifs (C(OH)–C–C–N with tert-alkyl or cyclic N) is 1. The topological polar surface area (TPSA) is 41.5 Å². The Balaban J connectivity index is 1.69. The molecule has 0 spiro atoms. The maximum absolute atomic E-state index is 12.9. The number of rotatable bonds is 5. The molecule has 0 aliphatic carbocycles. The Morgan fingerprint density at radius 3 is 3.06 bits per heavy atom. The minimum Gasteiger partial charge on any atom is -0.493 e. The van der Waals surface area contributed by atoms with Gasteiger partial charge in [-0.1, -0.05) is 6.07 Å². The van der Waals surface area contributed by atoms with Crippen molar-refractivity contribution < 1.29 is 14.2 Å². The van der Waals surface area contributed by atoms with Crippen molar-refractivity contribution >= 4 is 0 Å². The molecular formula is C13H18FNO2. The molecule has 1 aromatic carbocycles. The van der Waals surface area contributed by atoms with Gasteiger partial charge in [0.2, 0.25) is 0 Å². The van der Waals surface area contributed by atoms with Crippen LogP contribution >= 0.6 is 0 Å². The van der Waals surface area contributed by atoms with Gasteiger partial charge in [0.25, 0.3) is 0 Å². The summed E-state index contributed by atoms with van der Waals surface area (Å²) in [6.07, 6.45) is 2.29. The molecule has 1 aliphatic rings. The maximum atomic E-state index is 12.9. The van der Waals surface area contributed by atoms with Gasteiger partial charge in [0.05, 0.1) is 12.2 Å². The van der Waals surface area contributed by atoms with E-state index in [1.54, 1.807) is 12.1 Å². The molecule has 0 saturated carbocycles. The Morgan fingerprint density at radius 2 is 2.35 bits per heavy atom. The lowest BCUT2D eigenvalue weighted by Gasteiger charge is -2.20. The second-order valence-corrected chi connectivity index (χ2v) is 4.56. The van der Waals surface area contributed by atoms with Crippen molar-refractivity contribution in [3.05, 3.63) is 30.1 Å². The van der Waals surface area contributed by atoms with Crippen molar-refractivity contribution in [3.8, 4) is 5.75 Å². The summed E-state index contributed by atoms with van der Waals surface area (Å²) in [5, 5.41) is 13.2. The minimum absolute atomic E-state index is 0.291. The van der Waals surface area contributed by atoms with Gasteiger partial charge in [-0.2, -0.15) is 0 Å². The van der Waals surface area contributed by atoms with Crippen molar-refractivity contribution in [2.75, 3.05) is 19.7 Å².